The van der Waals surface area contributed by atoms with E-state index in [9.17, 15) is 4.79 Å². The Morgan fingerprint density at radius 1 is 1.20 bits per heavy atom. The molecule has 0 aliphatic carbocycles. The van der Waals surface area contributed by atoms with Crippen molar-refractivity contribution in [3.8, 4) is 16.3 Å². The lowest BCUT2D eigenvalue weighted by Crippen LogP contribution is -2.06. The number of carbonyl (C=O) groups is 1. The number of hydrogen-bond donors (Lipinski definition) is 0. The SMILES string of the molecule is COCCOC(=O)/C=C/c1cn(-c2ccccc2)nc1-c1cccs1. The van der Waals surface area contributed by atoms with Crippen LogP contribution in [0.25, 0.3) is 22.3 Å². The summed E-state index contributed by atoms with van der Waals surface area (Å²) in [7, 11) is 1.56. The fourth-order valence-corrected chi connectivity index (χ4v) is 2.99. The predicted octanol–water partition coefficient (Wildman–Crippen LogP) is 3.80. The molecule has 0 spiro atoms. The van der Waals surface area contributed by atoms with Gasteiger partial charge in [0, 0.05) is 24.9 Å². The molecule has 0 atom stereocenters. The van der Waals surface area contributed by atoms with Crippen LogP contribution in [0, 0.1) is 0 Å². The number of aromatic nitrogens is 2. The molecule has 0 aliphatic rings. The van der Waals surface area contributed by atoms with Crippen LogP contribution in [0.3, 0.4) is 0 Å². The average molecular weight is 354 g/mol. The Balaban J connectivity index is 1.87. The van der Waals surface area contributed by atoms with Gasteiger partial charge >= 0.3 is 5.97 Å². The smallest absolute Gasteiger partial charge is 0.330 e. The van der Waals surface area contributed by atoms with E-state index < -0.39 is 5.97 Å². The first-order valence-electron chi connectivity index (χ1n) is 7.80. The lowest BCUT2D eigenvalue weighted by Gasteiger charge is -1.99. The summed E-state index contributed by atoms with van der Waals surface area (Å²) in [6.07, 6.45) is 5.05. The van der Waals surface area contributed by atoms with Gasteiger partial charge in [0.25, 0.3) is 0 Å². The molecule has 3 aromatic rings. The summed E-state index contributed by atoms with van der Waals surface area (Å²) in [5.41, 5.74) is 2.65. The number of benzene rings is 1. The molecule has 0 N–H and O–H groups in total. The number of para-hydroxylation sites is 1. The fraction of sp³-hybridized carbons (Fsp3) is 0.158. The number of rotatable bonds is 7. The summed E-state index contributed by atoms with van der Waals surface area (Å²) in [4.78, 5) is 12.8. The highest BCUT2D eigenvalue weighted by Gasteiger charge is 2.11. The Labute approximate surface area is 150 Å². The van der Waals surface area contributed by atoms with Gasteiger partial charge in [-0.25, -0.2) is 9.48 Å². The van der Waals surface area contributed by atoms with E-state index in [-0.39, 0.29) is 6.61 Å². The second-order valence-electron chi connectivity index (χ2n) is 5.18. The van der Waals surface area contributed by atoms with Crippen LogP contribution in [-0.2, 0) is 14.3 Å². The molecule has 6 heteroatoms. The van der Waals surface area contributed by atoms with Crippen molar-refractivity contribution in [1.82, 2.24) is 9.78 Å². The Kier molecular flexibility index (Phi) is 5.77. The molecule has 128 valence electrons. The Hall–Kier alpha value is -2.70. The van der Waals surface area contributed by atoms with Gasteiger partial charge in [-0.1, -0.05) is 24.3 Å². The van der Waals surface area contributed by atoms with Crippen LogP contribution in [0.15, 0.2) is 60.1 Å². The van der Waals surface area contributed by atoms with Gasteiger partial charge in [0.2, 0.25) is 0 Å². The third-order valence-electron chi connectivity index (χ3n) is 3.45. The minimum atomic E-state index is -0.401. The highest BCUT2D eigenvalue weighted by Crippen LogP contribution is 2.28. The third kappa shape index (κ3) is 4.43. The molecule has 25 heavy (non-hydrogen) atoms. The Morgan fingerprint density at radius 2 is 2.04 bits per heavy atom. The largest absolute Gasteiger partial charge is 0.460 e. The van der Waals surface area contributed by atoms with E-state index in [1.165, 1.54) is 6.08 Å². The second kappa shape index (κ2) is 8.41. The zero-order chi connectivity index (χ0) is 17.5. The first-order chi connectivity index (χ1) is 12.3. The topological polar surface area (TPSA) is 53.4 Å². The summed E-state index contributed by atoms with van der Waals surface area (Å²) < 4.78 is 11.7. The minimum absolute atomic E-state index is 0.237. The van der Waals surface area contributed by atoms with E-state index in [0.717, 1.165) is 21.8 Å². The first kappa shape index (κ1) is 17.1. The van der Waals surface area contributed by atoms with Crippen molar-refractivity contribution in [1.29, 1.82) is 0 Å². The molecule has 0 bridgehead atoms. The lowest BCUT2D eigenvalue weighted by atomic mass is 10.2. The van der Waals surface area contributed by atoms with Gasteiger partial charge in [-0.15, -0.1) is 11.3 Å². The highest BCUT2D eigenvalue weighted by molar-refractivity contribution is 7.13. The van der Waals surface area contributed by atoms with Crippen LogP contribution in [0.2, 0.25) is 0 Å². The van der Waals surface area contributed by atoms with Gasteiger partial charge in [0.15, 0.2) is 0 Å². The standard InChI is InChI=1S/C19H18N2O3S/c1-23-11-12-24-18(22)10-9-15-14-21(16-6-3-2-4-7-16)20-19(15)17-8-5-13-25-17/h2-10,13-14H,11-12H2,1H3/b10-9+. The molecule has 0 amide bonds. The molecule has 5 nitrogen and oxygen atoms in total. The molecule has 0 saturated heterocycles. The van der Waals surface area contributed by atoms with Crippen LogP contribution >= 0.6 is 11.3 Å². The average Bonchev–Trinajstić information content (AvgIpc) is 3.30. The van der Waals surface area contributed by atoms with Gasteiger partial charge in [0.1, 0.15) is 12.3 Å². The molecule has 1 aromatic carbocycles. The molecule has 0 radical (unpaired) electrons. The maximum absolute atomic E-state index is 11.8. The molecule has 0 unspecified atom stereocenters. The summed E-state index contributed by atoms with van der Waals surface area (Å²) in [5.74, 6) is -0.401. The van der Waals surface area contributed by atoms with E-state index in [0.29, 0.717) is 6.61 Å². The number of methoxy groups -OCH3 is 1. The van der Waals surface area contributed by atoms with Crippen LogP contribution in [0.1, 0.15) is 5.56 Å². The number of thiophene rings is 1. The summed E-state index contributed by atoms with van der Waals surface area (Å²) in [6.45, 7) is 0.618. The van der Waals surface area contributed by atoms with E-state index in [1.54, 1.807) is 24.5 Å². The number of hydrogen-bond acceptors (Lipinski definition) is 5. The van der Waals surface area contributed by atoms with Crippen molar-refractivity contribution in [2.24, 2.45) is 0 Å². The van der Waals surface area contributed by atoms with Crippen molar-refractivity contribution in [3.63, 3.8) is 0 Å². The molecule has 3 rings (SSSR count). The number of carbonyl (C=O) groups excluding carboxylic acids is 1. The Morgan fingerprint density at radius 3 is 2.76 bits per heavy atom. The van der Waals surface area contributed by atoms with Crippen molar-refractivity contribution < 1.29 is 14.3 Å². The van der Waals surface area contributed by atoms with Gasteiger partial charge in [-0.05, 0) is 29.7 Å². The van der Waals surface area contributed by atoms with E-state index in [1.807, 2.05) is 58.7 Å². The van der Waals surface area contributed by atoms with Gasteiger partial charge < -0.3 is 9.47 Å². The predicted molar refractivity (Wildman–Crippen MR) is 98.7 cm³/mol. The molecule has 2 aromatic heterocycles. The molecule has 2 heterocycles. The van der Waals surface area contributed by atoms with Gasteiger partial charge in [-0.2, -0.15) is 5.10 Å². The third-order valence-corrected chi connectivity index (χ3v) is 4.33. The molecular weight excluding hydrogens is 336 g/mol. The van der Waals surface area contributed by atoms with E-state index >= 15 is 0 Å². The van der Waals surface area contributed by atoms with E-state index in [4.69, 9.17) is 9.47 Å². The van der Waals surface area contributed by atoms with Crippen LogP contribution in [-0.4, -0.2) is 36.1 Å². The number of esters is 1. The molecule has 0 aliphatic heterocycles. The first-order valence-corrected chi connectivity index (χ1v) is 8.68. The second-order valence-corrected chi connectivity index (χ2v) is 6.13. The molecule has 0 fully saturated rings. The summed E-state index contributed by atoms with van der Waals surface area (Å²) in [6, 6.07) is 13.8. The van der Waals surface area contributed by atoms with Crippen molar-refractivity contribution in [2.75, 3.05) is 20.3 Å². The zero-order valence-corrected chi connectivity index (χ0v) is 14.6. The normalized spacial score (nSPS) is 11.1. The number of nitrogens with zero attached hydrogens (tertiary/aromatic N) is 2. The number of ether oxygens (including phenoxy) is 2. The quantitative estimate of drug-likeness (QED) is 0.368. The fourth-order valence-electron chi connectivity index (χ4n) is 2.26. The van der Waals surface area contributed by atoms with Crippen molar-refractivity contribution in [2.45, 2.75) is 0 Å². The summed E-state index contributed by atoms with van der Waals surface area (Å²) in [5, 5.41) is 6.68. The maximum atomic E-state index is 11.8. The van der Waals surface area contributed by atoms with E-state index in [2.05, 4.69) is 5.10 Å². The Bertz CT molecular complexity index is 839. The zero-order valence-electron chi connectivity index (χ0n) is 13.8. The lowest BCUT2D eigenvalue weighted by molar-refractivity contribution is -0.138. The monoisotopic (exact) mass is 354 g/mol. The van der Waals surface area contributed by atoms with Gasteiger partial charge in [-0.3, -0.25) is 0 Å². The minimum Gasteiger partial charge on any atom is -0.460 e. The van der Waals surface area contributed by atoms with Gasteiger partial charge in [0.05, 0.1) is 17.2 Å². The molecular formula is C19H18N2O3S. The molecule has 0 saturated carbocycles. The van der Waals surface area contributed by atoms with Crippen LogP contribution < -0.4 is 0 Å². The summed E-state index contributed by atoms with van der Waals surface area (Å²) >= 11 is 1.61. The van der Waals surface area contributed by atoms with Crippen LogP contribution in [0.5, 0.6) is 0 Å². The van der Waals surface area contributed by atoms with Crippen molar-refractivity contribution in [3.05, 3.63) is 65.7 Å². The maximum Gasteiger partial charge on any atom is 0.330 e. The van der Waals surface area contributed by atoms with Crippen molar-refractivity contribution >= 4 is 23.4 Å². The van der Waals surface area contributed by atoms with Crippen LogP contribution in [0.4, 0.5) is 0 Å². The highest BCUT2D eigenvalue weighted by atomic mass is 32.1.